The SMILES string of the molecule is O=C(CCCC[C@@H]1SC[C@@H]2NC(=O)N[C@@H]21)NCCOCCOCCOCCC(=O)Nc1cccc(-c2ccc3c(c2)[C@H]2[C@H](CCN2Cc2ccncc2)[C@@H](CO)N3)c1. The molecule has 6 N–H and O–H groups in total. The fourth-order valence-corrected chi connectivity index (χ4v) is 10.1. The number of anilines is 2. The van der Waals surface area contributed by atoms with Crippen molar-refractivity contribution in [3.8, 4) is 11.1 Å². The van der Waals surface area contributed by atoms with Gasteiger partial charge in [0.25, 0.3) is 0 Å². The summed E-state index contributed by atoms with van der Waals surface area (Å²) >= 11 is 1.90. The highest BCUT2D eigenvalue weighted by atomic mass is 32.2. The molecule has 312 valence electrons. The first-order valence-corrected chi connectivity index (χ1v) is 21.7. The van der Waals surface area contributed by atoms with E-state index < -0.39 is 0 Å². The van der Waals surface area contributed by atoms with Gasteiger partial charge in [-0.1, -0.05) is 24.6 Å². The molecule has 0 spiro atoms. The highest BCUT2D eigenvalue weighted by Crippen LogP contribution is 2.48. The lowest BCUT2D eigenvalue weighted by Gasteiger charge is -2.39. The lowest BCUT2D eigenvalue weighted by atomic mass is 9.82. The zero-order valence-corrected chi connectivity index (χ0v) is 33.9. The van der Waals surface area contributed by atoms with Gasteiger partial charge in [-0.3, -0.25) is 19.5 Å². The second-order valence-electron chi connectivity index (χ2n) is 15.4. The number of aliphatic hydroxyl groups excluding tert-OH is 1. The number of aromatic nitrogens is 1. The molecule has 14 nitrogen and oxygen atoms in total. The van der Waals surface area contributed by atoms with Gasteiger partial charge in [-0.15, -0.1) is 0 Å². The number of carbonyl (C=O) groups is 3. The molecule has 0 aliphatic carbocycles. The molecule has 0 saturated carbocycles. The lowest BCUT2D eigenvalue weighted by Crippen LogP contribution is -2.41. The Hall–Kier alpha value is -4.25. The van der Waals surface area contributed by atoms with E-state index in [2.05, 4.69) is 72.9 Å². The van der Waals surface area contributed by atoms with Crippen LogP contribution in [0.15, 0.2) is 67.0 Å². The predicted octanol–water partition coefficient (Wildman–Crippen LogP) is 4.32. The molecule has 4 aliphatic heterocycles. The largest absolute Gasteiger partial charge is 0.394 e. The molecule has 4 aliphatic rings. The number of rotatable bonds is 22. The summed E-state index contributed by atoms with van der Waals surface area (Å²) < 4.78 is 16.8. The summed E-state index contributed by atoms with van der Waals surface area (Å²) in [6.45, 7) is 4.65. The molecule has 6 atom stereocenters. The first kappa shape index (κ1) is 41.9. The average molecular weight is 816 g/mol. The minimum absolute atomic E-state index is 0.0132. The van der Waals surface area contributed by atoms with Crippen LogP contribution in [0.4, 0.5) is 16.2 Å². The number of unbranched alkanes of at least 4 members (excludes halogenated alkanes) is 1. The summed E-state index contributed by atoms with van der Waals surface area (Å²) in [6, 6.07) is 19.1. The van der Waals surface area contributed by atoms with Crippen LogP contribution in [0.3, 0.4) is 0 Å². The third-order valence-corrected chi connectivity index (χ3v) is 13.0. The second kappa shape index (κ2) is 21.1. The molecule has 3 saturated heterocycles. The summed E-state index contributed by atoms with van der Waals surface area (Å²) in [6.07, 6.45) is 8.19. The van der Waals surface area contributed by atoms with Crippen molar-refractivity contribution >= 4 is 41.0 Å². The number of nitrogens with one attached hydrogen (secondary N) is 5. The van der Waals surface area contributed by atoms with E-state index in [9.17, 15) is 19.5 Å². The van der Waals surface area contributed by atoms with E-state index in [0.29, 0.717) is 57.2 Å². The van der Waals surface area contributed by atoms with Crippen molar-refractivity contribution in [2.45, 2.75) is 74.5 Å². The number of benzene rings is 2. The molecule has 1 aromatic heterocycles. The molecular formula is C43H57N7O7S. The van der Waals surface area contributed by atoms with Gasteiger partial charge in [0.2, 0.25) is 11.8 Å². The molecule has 3 fully saturated rings. The summed E-state index contributed by atoms with van der Waals surface area (Å²) in [5.41, 5.74) is 6.34. The molecule has 0 unspecified atom stereocenters. The molecule has 4 amide bonds. The van der Waals surface area contributed by atoms with Crippen molar-refractivity contribution in [1.29, 1.82) is 0 Å². The zero-order chi connectivity index (χ0) is 40.1. The number of thioether (sulfide) groups is 1. The summed E-state index contributed by atoms with van der Waals surface area (Å²) in [4.78, 5) is 43.1. The highest BCUT2D eigenvalue weighted by Gasteiger charge is 2.44. The minimum atomic E-state index is -0.122. The number of fused-ring (bicyclic) bond motifs is 4. The van der Waals surface area contributed by atoms with Crippen LogP contribution in [0.1, 0.15) is 55.7 Å². The number of hydrogen-bond donors (Lipinski definition) is 6. The Morgan fingerprint density at radius 3 is 2.50 bits per heavy atom. The molecule has 5 heterocycles. The monoisotopic (exact) mass is 815 g/mol. The van der Waals surface area contributed by atoms with E-state index in [1.165, 1.54) is 11.1 Å². The number of likely N-dealkylation sites (tertiary alicyclic amines) is 1. The quantitative estimate of drug-likeness (QED) is 0.0630. The van der Waals surface area contributed by atoms with Gasteiger partial charge in [0, 0.05) is 66.2 Å². The fourth-order valence-electron chi connectivity index (χ4n) is 8.57. The van der Waals surface area contributed by atoms with Crippen molar-refractivity contribution in [1.82, 2.24) is 25.8 Å². The maximum absolute atomic E-state index is 12.8. The zero-order valence-electron chi connectivity index (χ0n) is 33.0. The normalized spacial score (nSPS) is 23.3. The number of hydrogen-bond acceptors (Lipinski definition) is 11. The van der Waals surface area contributed by atoms with E-state index in [4.69, 9.17) is 14.2 Å². The van der Waals surface area contributed by atoms with Crippen LogP contribution in [0.2, 0.25) is 0 Å². The molecule has 3 aromatic rings. The third-order valence-electron chi connectivity index (χ3n) is 11.5. The first-order chi connectivity index (χ1) is 28.4. The number of ether oxygens (including phenoxy) is 3. The fraction of sp³-hybridized carbons (Fsp3) is 0.535. The van der Waals surface area contributed by atoms with Gasteiger partial charge in [0.1, 0.15) is 0 Å². The van der Waals surface area contributed by atoms with Crippen LogP contribution < -0.4 is 26.6 Å². The minimum Gasteiger partial charge on any atom is -0.394 e. The molecule has 0 bridgehead atoms. The summed E-state index contributed by atoms with van der Waals surface area (Å²) in [5.74, 6) is 1.16. The van der Waals surface area contributed by atoms with Crippen LogP contribution in [0, 0.1) is 5.92 Å². The molecular weight excluding hydrogens is 759 g/mol. The standard InChI is InChI=1S/C43H57N7O7S/c51-27-36-33-12-17-50(26-29-10-14-44-15-11-29)42(33)34-25-31(8-9-35(34)47-36)30-4-3-5-32(24-30)46-40(53)13-18-55-20-22-57-23-21-56-19-16-45-39(52)7-2-1-6-38-41-37(28-58-38)48-43(54)49-41/h3-5,8-11,14-15,24-25,33,36-38,41-42,47,51H,1-2,6-7,12-13,16-23,26-28H2,(H,45,52)(H,46,53)(H2,48,49,54)/t33-,36-,37+,38+,41+,42-/m1/s1. The Bertz CT molecular complexity index is 1820. The smallest absolute Gasteiger partial charge is 0.315 e. The Balaban J connectivity index is 0.739. The predicted molar refractivity (Wildman–Crippen MR) is 225 cm³/mol. The van der Waals surface area contributed by atoms with Crippen molar-refractivity contribution in [3.05, 3.63) is 78.1 Å². The summed E-state index contributed by atoms with van der Waals surface area (Å²) in [5, 5.41) is 26.1. The van der Waals surface area contributed by atoms with Gasteiger partial charge in [-0.2, -0.15) is 11.8 Å². The lowest BCUT2D eigenvalue weighted by molar-refractivity contribution is -0.121. The number of aliphatic hydroxyl groups is 1. The van der Waals surface area contributed by atoms with Gasteiger partial charge >= 0.3 is 6.03 Å². The van der Waals surface area contributed by atoms with Gasteiger partial charge in [-0.25, -0.2) is 4.79 Å². The van der Waals surface area contributed by atoms with Crippen LogP contribution in [-0.2, 0) is 30.3 Å². The van der Waals surface area contributed by atoms with Crippen LogP contribution in [0.5, 0.6) is 0 Å². The Kier molecular flexibility index (Phi) is 15.3. The number of pyridine rings is 1. The van der Waals surface area contributed by atoms with Gasteiger partial charge in [-0.05, 0) is 84.5 Å². The van der Waals surface area contributed by atoms with Crippen molar-refractivity contribution in [2.24, 2.45) is 5.92 Å². The van der Waals surface area contributed by atoms with Crippen LogP contribution >= 0.6 is 11.8 Å². The average Bonchev–Trinajstić information content (AvgIpc) is 3.94. The molecule has 15 heteroatoms. The Morgan fingerprint density at radius 2 is 1.67 bits per heavy atom. The maximum Gasteiger partial charge on any atom is 0.315 e. The van der Waals surface area contributed by atoms with Crippen LogP contribution in [0.25, 0.3) is 11.1 Å². The molecule has 2 aromatic carbocycles. The Morgan fingerprint density at radius 1 is 0.879 bits per heavy atom. The molecule has 0 radical (unpaired) electrons. The van der Waals surface area contributed by atoms with Crippen molar-refractivity contribution < 1.29 is 33.7 Å². The van der Waals surface area contributed by atoms with E-state index in [-0.39, 0.29) is 61.6 Å². The van der Waals surface area contributed by atoms with E-state index in [1.54, 1.807) is 0 Å². The van der Waals surface area contributed by atoms with E-state index in [1.807, 2.05) is 42.4 Å². The molecule has 7 rings (SSSR count). The second-order valence-corrected chi connectivity index (χ2v) is 16.7. The van der Waals surface area contributed by atoms with E-state index in [0.717, 1.165) is 67.0 Å². The first-order valence-electron chi connectivity index (χ1n) is 20.7. The van der Waals surface area contributed by atoms with Gasteiger partial charge < -0.3 is 45.9 Å². The molecule has 58 heavy (non-hydrogen) atoms. The number of carbonyl (C=O) groups excluding carboxylic acids is 3. The van der Waals surface area contributed by atoms with Crippen LogP contribution in [-0.4, -0.2) is 121 Å². The number of nitrogens with zero attached hydrogens (tertiary/aromatic N) is 2. The van der Waals surface area contributed by atoms with Crippen molar-refractivity contribution in [2.75, 3.05) is 75.7 Å². The Labute approximate surface area is 344 Å². The third kappa shape index (κ3) is 11.3. The number of amides is 4. The topological polar surface area (TPSA) is 175 Å². The van der Waals surface area contributed by atoms with Gasteiger partial charge in [0.15, 0.2) is 0 Å². The maximum atomic E-state index is 12.8. The van der Waals surface area contributed by atoms with E-state index >= 15 is 0 Å². The summed E-state index contributed by atoms with van der Waals surface area (Å²) in [7, 11) is 0. The van der Waals surface area contributed by atoms with Crippen molar-refractivity contribution in [3.63, 3.8) is 0 Å². The number of urea groups is 1. The highest BCUT2D eigenvalue weighted by molar-refractivity contribution is 8.00. The van der Waals surface area contributed by atoms with Gasteiger partial charge in [0.05, 0.1) is 70.8 Å².